The van der Waals surface area contributed by atoms with Crippen LogP contribution >= 0.6 is 0 Å². The normalized spacial score (nSPS) is 13.0. The van der Waals surface area contributed by atoms with Crippen molar-refractivity contribution in [2.75, 3.05) is 7.11 Å². The summed E-state index contributed by atoms with van der Waals surface area (Å²) in [5, 5.41) is 0. The highest BCUT2D eigenvalue weighted by Crippen LogP contribution is 2.40. The molecule has 0 aromatic heterocycles. The Balaban J connectivity index is 2.58. The van der Waals surface area contributed by atoms with Gasteiger partial charge in [-0.1, -0.05) is 18.2 Å². The summed E-state index contributed by atoms with van der Waals surface area (Å²) in [7, 11) is -0.431. The monoisotopic (exact) mass is 313 g/mol. The maximum Gasteiger partial charge on any atom is 0.586 e. The molecular weight excluding hydrogens is 297 g/mol. The Labute approximate surface area is 125 Å². The van der Waals surface area contributed by atoms with Crippen LogP contribution in [0.3, 0.4) is 0 Å². The molecule has 0 spiro atoms. The highest BCUT2D eigenvalue weighted by Gasteiger charge is 2.54. The lowest BCUT2D eigenvalue weighted by atomic mass is 10.1. The van der Waals surface area contributed by atoms with Crippen molar-refractivity contribution in [2.24, 2.45) is 0 Å². The molecule has 0 fully saturated rings. The minimum absolute atomic E-state index is 0.268. The second kappa shape index (κ2) is 6.02. The van der Waals surface area contributed by atoms with Gasteiger partial charge >= 0.3 is 5.51 Å². The highest BCUT2D eigenvalue weighted by atomic mass is 32.2. The minimum Gasteiger partial charge on any atom is -0.496 e. The molecule has 0 saturated heterocycles. The van der Waals surface area contributed by atoms with E-state index < -0.39 is 16.4 Å². The zero-order valence-corrected chi connectivity index (χ0v) is 12.8. The van der Waals surface area contributed by atoms with E-state index in [1.807, 2.05) is 0 Å². The SMILES string of the molecule is COc1c(C)cc([S+](c2ccccc2)C(F)(F)F)cc1C. The highest BCUT2D eigenvalue weighted by molar-refractivity contribution is 7.97. The van der Waals surface area contributed by atoms with Gasteiger partial charge in [0.15, 0.2) is 20.7 Å². The molecule has 1 unspecified atom stereocenters. The second-order valence-corrected chi connectivity index (χ2v) is 6.67. The maximum absolute atomic E-state index is 13.5. The first-order valence-electron chi connectivity index (χ1n) is 6.36. The Morgan fingerprint density at radius 3 is 1.86 bits per heavy atom. The van der Waals surface area contributed by atoms with Gasteiger partial charge in [0.1, 0.15) is 5.75 Å². The largest absolute Gasteiger partial charge is 0.586 e. The Bertz CT molecular complexity index is 600. The number of alkyl halides is 3. The Kier molecular flexibility index (Phi) is 4.52. The number of benzene rings is 2. The van der Waals surface area contributed by atoms with Gasteiger partial charge in [-0.25, -0.2) is 0 Å². The lowest BCUT2D eigenvalue weighted by Crippen LogP contribution is -2.24. The molecule has 2 aromatic carbocycles. The van der Waals surface area contributed by atoms with E-state index in [1.165, 1.54) is 19.2 Å². The average Bonchev–Trinajstić information content (AvgIpc) is 2.38. The van der Waals surface area contributed by atoms with E-state index in [4.69, 9.17) is 4.74 Å². The molecule has 21 heavy (non-hydrogen) atoms. The first kappa shape index (κ1) is 15.8. The second-order valence-electron chi connectivity index (χ2n) is 4.66. The summed E-state index contributed by atoms with van der Waals surface area (Å²) < 4.78 is 45.8. The van der Waals surface area contributed by atoms with E-state index in [1.54, 1.807) is 44.2 Å². The summed E-state index contributed by atoms with van der Waals surface area (Å²) in [6.45, 7) is 3.52. The third-order valence-corrected chi connectivity index (χ3v) is 5.00. The van der Waals surface area contributed by atoms with Gasteiger partial charge in [0.05, 0.1) is 7.11 Å². The summed E-state index contributed by atoms with van der Waals surface area (Å²) >= 11 is 0. The van der Waals surface area contributed by atoms with Crippen LogP contribution in [0.2, 0.25) is 0 Å². The van der Waals surface area contributed by atoms with Crippen molar-refractivity contribution in [3.63, 3.8) is 0 Å². The maximum atomic E-state index is 13.5. The molecule has 5 heteroatoms. The van der Waals surface area contributed by atoms with Crippen molar-refractivity contribution < 1.29 is 17.9 Å². The smallest absolute Gasteiger partial charge is 0.496 e. The fraction of sp³-hybridized carbons (Fsp3) is 0.250. The number of ether oxygens (including phenoxy) is 1. The van der Waals surface area contributed by atoms with Gasteiger partial charge in [-0.15, -0.1) is 13.2 Å². The van der Waals surface area contributed by atoms with Crippen LogP contribution in [0.15, 0.2) is 52.3 Å². The molecule has 0 saturated carbocycles. The van der Waals surface area contributed by atoms with Crippen molar-refractivity contribution in [3.8, 4) is 5.75 Å². The molecule has 0 radical (unpaired) electrons. The fourth-order valence-electron chi connectivity index (χ4n) is 2.31. The molecule has 0 N–H and O–H groups in total. The Morgan fingerprint density at radius 2 is 1.43 bits per heavy atom. The number of halogens is 3. The summed E-state index contributed by atoms with van der Waals surface area (Å²) in [5.41, 5.74) is -2.88. The van der Waals surface area contributed by atoms with E-state index in [2.05, 4.69) is 0 Å². The van der Waals surface area contributed by atoms with E-state index in [0.717, 1.165) is 0 Å². The van der Waals surface area contributed by atoms with Crippen LogP contribution in [-0.4, -0.2) is 12.6 Å². The Morgan fingerprint density at radius 1 is 0.905 bits per heavy atom. The van der Waals surface area contributed by atoms with E-state index >= 15 is 0 Å². The molecule has 0 heterocycles. The first-order chi connectivity index (χ1) is 9.84. The van der Waals surface area contributed by atoms with Crippen molar-refractivity contribution in [3.05, 3.63) is 53.6 Å². The molecule has 1 nitrogen and oxygen atoms in total. The fourth-order valence-corrected chi connectivity index (χ4v) is 4.14. The van der Waals surface area contributed by atoms with Gasteiger partial charge in [0.25, 0.3) is 0 Å². The molecule has 0 aliphatic carbocycles. The van der Waals surface area contributed by atoms with Crippen LogP contribution in [0, 0.1) is 13.8 Å². The first-order valence-corrected chi connectivity index (χ1v) is 7.58. The Hall–Kier alpha value is -1.62. The van der Waals surface area contributed by atoms with Crippen LogP contribution < -0.4 is 4.74 Å². The standard InChI is InChI=1S/C16H16F3OS/c1-11-9-14(10-12(2)15(11)20-3)21(16(17,18)19)13-7-5-4-6-8-13/h4-10H,1-3H3/q+1. The van der Waals surface area contributed by atoms with Crippen molar-refractivity contribution >= 4 is 10.9 Å². The van der Waals surface area contributed by atoms with Crippen LogP contribution in [0.5, 0.6) is 5.75 Å². The van der Waals surface area contributed by atoms with Gasteiger partial charge in [0, 0.05) is 12.1 Å². The number of hydrogen-bond donors (Lipinski definition) is 0. The van der Waals surface area contributed by atoms with E-state index in [-0.39, 0.29) is 9.79 Å². The lowest BCUT2D eigenvalue weighted by molar-refractivity contribution is -0.0370. The topological polar surface area (TPSA) is 9.23 Å². The predicted octanol–water partition coefficient (Wildman–Crippen LogP) is 4.87. The van der Waals surface area contributed by atoms with Crippen molar-refractivity contribution in [1.29, 1.82) is 0 Å². The van der Waals surface area contributed by atoms with Crippen LogP contribution in [-0.2, 0) is 10.9 Å². The van der Waals surface area contributed by atoms with E-state index in [9.17, 15) is 13.2 Å². The molecule has 0 aliphatic heterocycles. The lowest BCUT2D eigenvalue weighted by Gasteiger charge is -2.13. The zero-order chi connectivity index (χ0) is 15.6. The molecule has 0 amide bonds. The molecule has 2 rings (SSSR count). The average molecular weight is 313 g/mol. The van der Waals surface area contributed by atoms with Gasteiger partial charge in [-0.2, -0.15) is 0 Å². The van der Waals surface area contributed by atoms with Crippen LogP contribution in [0.25, 0.3) is 0 Å². The van der Waals surface area contributed by atoms with Crippen molar-refractivity contribution in [1.82, 2.24) is 0 Å². The molecule has 0 bridgehead atoms. The van der Waals surface area contributed by atoms with Gasteiger partial charge in [-0.05, 0) is 37.1 Å². The number of rotatable bonds is 3. The number of methoxy groups -OCH3 is 1. The molecule has 1 atom stereocenters. The quantitative estimate of drug-likeness (QED) is 0.735. The minimum atomic E-state index is -4.31. The molecular formula is C16H16F3OS+. The summed E-state index contributed by atoms with van der Waals surface area (Å²) in [6.07, 6.45) is 0. The van der Waals surface area contributed by atoms with E-state index in [0.29, 0.717) is 16.9 Å². The van der Waals surface area contributed by atoms with Gasteiger partial charge < -0.3 is 4.74 Å². The van der Waals surface area contributed by atoms with Gasteiger partial charge in [-0.3, -0.25) is 0 Å². The summed E-state index contributed by atoms with van der Waals surface area (Å²) in [6, 6.07) is 11.1. The number of hydrogen-bond acceptors (Lipinski definition) is 1. The van der Waals surface area contributed by atoms with Gasteiger partial charge in [0.2, 0.25) is 0 Å². The predicted molar refractivity (Wildman–Crippen MR) is 78.9 cm³/mol. The zero-order valence-electron chi connectivity index (χ0n) is 12.0. The number of aryl methyl sites for hydroxylation is 2. The third-order valence-electron chi connectivity index (χ3n) is 3.08. The van der Waals surface area contributed by atoms with Crippen LogP contribution in [0.1, 0.15) is 11.1 Å². The van der Waals surface area contributed by atoms with Crippen molar-refractivity contribution in [2.45, 2.75) is 29.1 Å². The third kappa shape index (κ3) is 3.35. The summed E-state index contributed by atoms with van der Waals surface area (Å²) in [4.78, 5) is 0.540. The molecule has 0 aliphatic rings. The van der Waals surface area contributed by atoms with Crippen LogP contribution in [0.4, 0.5) is 13.2 Å². The molecule has 112 valence electrons. The molecule has 2 aromatic rings. The summed E-state index contributed by atoms with van der Waals surface area (Å²) in [5.74, 6) is 0.637.